The maximum atomic E-state index is 12.4. The van der Waals surface area contributed by atoms with Gasteiger partial charge in [-0.1, -0.05) is 42.5 Å². The second-order valence-electron chi connectivity index (χ2n) is 4.05. The van der Waals surface area contributed by atoms with Crippen LogP contribution in [0.4, 0.5) is 0 Å². The predicted octanol–water partition coefficient (Wildman–Crippen LogP) is 2.35. The minimum Gasteiger partial charge on any atom is -0.355 e. The highest BCUT2D eigenvalue weighted by molar-refractivity contribution is 7.84. The lowest BCUT2D eigenvalue weighted by Gasteiger charge is -2.08. The molecule has 1 amide bonds. The maximum Gasteiger partial charge on any atom is 0.252 e. The summed E-state index contributed by atoms with van der Waals surface area (Å²) >= 11 is 0. The van der Waals surface area contributed by atoms with Gasteiger partial charge in [0.15, 0.2) is 0 Å². The van der Waals surface area contributed by atoms with Gasteiger partial charge < -0.3 is 5.32 Å². The summed E-state index contributed by atoms with van der Waals surface area (Å²) in [5.74, 6) is 0.200. The van der Waals surface area contributed by atoms with E-state index in [1.54, 1.807) is 31.3 Å². The van der Waals surface area contributed by atoms with Crippen molar-refractivity contribution in [2.24, 2.45) is 0 Å². The molecule has 0 fully saturated rings. The molecule has 1 N–H and O–H groups in total. The second kappa shape index (κ2) is 6.29. The molecule has 2 aromatic rings. The molecule has 1 unspecified atom stereocenters. The lowest BCUT2D eigenvalue weighted by atomic mass is 10.2. The van der Waals surface area contributed by atoms with Crippen LogP contribution in [0.2, 0.25) is 0 Å². The zero-order valence-electron chi connectivity index (χ0n) is 10.6. The Hall–Kier alpha value is -1.94. The van der Waals surface area contributed by atoms with E-state index < -0.39 is 10.8 Å². The average Bonchev–Trinajstić information content (AvgIpc) is 2.47. The van der Waals surface area contributed by atoms with Crippen molar-refractivity contribution in [3.8, 4) is 0 Å². The summed E-state index contributed by atoms with van der Waals surface area (Å²) in [5.41, 5.74) is 1.46. The van der Waals surface area contributed by atoms with Crippen LogP contribution in [-0.2, 0) is 16.6 Å². The van der Waals surface area contributed by atoms with Crippen molar-refractivity contribution in [2.45, 2.75) is 10.6 Å². The van der Waals surface area contributed by atoms with Gasteiger partial charge >= 0.3 is 0 Å². The molecule has 3 nitrogen and oxygen atoms in total. The molecule has 2 aromatic carbocycles. The maximum absolute atomic E-state index is 12.4. The number of amides is 1. The molecule has 0 radical (unpaired) electrons. The van der Waals surface area contributed by atoms with E-state index in [0.717, 1.165) is 5.56 Å². The van der Waals surface area contributed by atoms with Crippen LogP contribution >= 0.6 is 0 Å². The first-order valence-corrected chi connectivity index (χ1v) is 7.27. The van der Waals surface area contributed by atoms with Crippen molar-refractivity contribution in [3.63, 3.8) is 0 Å². The van der Waals surface area contributed by atoms with Crippen molar-refractivity contribution in [2.75, 3.05) is 7.05 Å². The summed E-state index contributed by atoms with van der Waals surface area (Å²) in [4.78, 5) is 12.3. The molecule has 0 saturated carbocycles. The Morgan fingerprint density at radius 1 is 1.05 bits per heavy atom. The molecule has 19 heavy (non-hydrogen) atoms. The topological polar surface area (TPSA) is 46.2 Å². The third-order valence-electron chi connectivity index (χ3n) is 2.74. The summed E-state index contributed by atoms with van der Waals surface area (Å²) < 4.78 is 12.4. The van der Waals surface area contributed by atoms with Crippen LogP contribution in [0.5, 0.6) is 0 Å². The van der Waals surface area contributed by atoms with Crippen LogP contribution in [-0.4, -0.2) is 17.2 Å². The molecule has 98 valence electrons. The lowest BCUT2D eigenvalue weighted by molar-refractivity contribution is 0.0960. The highest BCUT2D eigenvalue weighted by Crippen LogP contribution is 2.17. The molecular weight excluding hydrogens is 258 g/mol. The van der Waals surface area contributed by atoms with E-state index in [1.807, 2.05) is 30.3 Å². The first-order chi connectivity index (χ1) is 9.22. The molecule has 2 rings (SSSR count). The molecule has 4 heteroatoms. The minimum absolute atomic E-state index is 0.211. The van der Waals surface area contributed by atoms with Gasteiger partial charge in [-0.25, -0.2) is 0 Å². The van der Waals surface area contributed by atoms with Gasteiger partial charge in [0.2, 0.25) is 0 Å². The number of hydrogen-bond acceptors (Lipinski definition) is 2. The summed E-state index contributed by atoms with van der Waals surface area (Å²) in [7, 11) is 0.340. The van der Waals surface area contributed by atoms with Crippen molar-refractivity contribution in [1.29, 1.82) is 0 Å². The highest BCUT2D eigenvalue weighted by atomic mass is 32.2. The Labute approximate surface area is 115 Å². The second-order valence-corrected chi connectivity index (χ2v) is 5.47. The zero-order chi connectivity index (χ0) is 13.7. The Morgan fingerprint density at radius 3 is 2.37 bits per heavy atom. The van der Waals surface area contributed by atoms with E-state index in [4.69, 9.17) is 0 Å². The van der Waals surface area contributed by atoms with Gasteiger partial charge in [-0.3, -0.25) is 9.00 Å². The van der Waals surface area contributed by atoms with E-state index in [2.05, 4.69) is 5.32 Å². The smallest absolute Gasteiger partial charge is 0.252 e. The summed E-state index contributed by atoms with van der Waals surface area (Å²) in [6.07, 6.45) is 0. The quantitative estimate of drug-likeness (QED) is 0.929. The fourth-order valence-corrected chi connectivity index (χ4v) is 3.08. The monoisotopic (exact) mass is 273 g/mol. The minimum atomic E-state index is -1.23. The number of hydrogen-bond donors (Lipinski definition) is 1. The molecule has 0 aliphatic carbocycles. The number of nitrogens with one attached hydrogen (secondary N) is 1. The van der Waals surface area contributed by atoms with Gasteiger partial charge in [0, 0.05) is 7.05 Å². The summed E-state index contributed by atoms with van der Waals surface area (Å²) in [6, 6.07) is 16.6. The van der Waals surface area contributed by atoms with E-state index in [9.17, 15) is 9.00 Å². The zero-order valence-corrected chi connectivity index (χ0v) is 11.4. The molecule has 1 atom stereocenters. The van der Waals surface area contributed by atoms with Crippen molar-refractivity contribution in [1.82, 2.24) is 5.32 Å². The van der Waals surface area contributed by atoms with Crippen LogP contribution in [0, 0.1) is 0 Å². The van der Waals surface area contributed by atoms with E-state index in [-0.39, 0.29) is 5.91 Å². The average molecular weight is 273 g/mol. The van der Waals surface area contributed by atoms with Gasteiger partial charge in [0.25, 0.3) is 5.91 Å². The van der Waals surface area contributed by atoms with E-state index in [1.165, 1.54) is 0 Å². The van der Waals surface area contributed by atoms with Crippen LogP contribution in [0.3, 0.4) is 0 Å². The highest BCUT2D eigenvalue weighted by Gasteiger charge is 2.14. The number of carbonyl (C=O) groups excluding carboxylic acids is 1. The van der Waals surface area contributed by atoms with Gasteiger partial charge in [0.1, 0.15) is 0 Å². The lowest BCUT2D eigenvalue weighted by Crippen LogP contribution is -2.20. The molecular formula is C15H15NO2S. The van der Waals surface area contributed by atoms with Crippen molar-refractivity contribution >= 4 is 16.7 Å². The SMILES string of the molecule is CNC(=O)c1ccccc1S(=O)Cc1ccccc1. The first kappa shape index (κ1) is 13.5. The predicted molar refractivity (Wildman–Crippen MR) is 76.4 cm³/mol. The van der Waals surface area contributed by atoms with Gasteiger partial charge in [-0.2, -0.15) is 0 Å². The van der Waals surface area contributed by atoms with Crippen LogP contribution in [0.25, 0.3) is 0 Å². The summed E-state index contributed by atoms with van der Waals surface area (Å²) in [6.45, 7) is 0. The molecule has 0 bridgehead atoms. The standard InChI is InChI=1S/C15H15NO2S/c1-16-15(17)13-9-5-6-10-14(13)19(18)11-12-7-3-2-4-8-12/h2-10H,11H2,1H3,(H,16,17). The number of rotatable bonds is 4. The molecule has 0 aliphatic rings. The summed E-state index contributed by atoms with van der Waals surface area (Å²) in [5, 5.41) is 2.57. The molecule has 0 spiro atoms. The van der Waals surface area contributed by atoms with Crippen LogP contribution in [0.15, 0.2) is 59.5 Å². The fourth-order valence-electron chi connectivity index (χ4n) is 1.79. The third-order valence-corrected chi connectivity index (χ3v) is 4.19. The van der Waals surface area contributed by atoms with E-state index in [0.29, 0.717) is 16.2 Å². The Balaban J connectivity index is 2.27. The molecule has 0 heterocycles. The molecule has 0 saturated heterocycles. The van der Waals surface area contributed by atoms with Gasteiger partial charge in [-0.05, 0) is 17.7 Å². The Bertz CT molecular complexity index is 596. The number of benzene rings is 2. The molecule has 0 aliphatic heterocycles. The van der Waals surface area contributed by atoms with Gasteiger partial charge in [-0.15, -0.1) is 0 Å². The fraction of sp³-hybridized carbons (Fsp3) is 0.133. The van der Waals surface area contributed by atoms with Crippen molar-refractivity contribution in [3.05, 3.63) is 65.7 Å². The Kier molecular flexibility index (Phi) is 4.47. The Morgan fingerprint density at radius 2 is 1.68 bits per heavy atom. The van der Waals surface area contributed by atoms with E-state index >= 15 is 0 Å². The third kappa shape index (κ3) is 3.29. The van der Waals surface area contributed by atoms with Gasteiger partial charge in [0.05, 0.1) is 27.0 Å². The number of carbonyl (C=O) groups is 1. The normalized spacial score (nSPS) is 11.8. The van der Waals surface area contributed by atoms with Crippen molar-refractivity contribution < 1.29 is 9.00 Å². The van der Waals surface area contributed by atoms with Crippen LogP contribution < -0.4 is 5.32 Å². The van der Waals surface area contributed by atoms with Crippen LogP contribution in [0.1, 0.15) is 15.9 Å². The molecule has 0 aromatic heterocycles. The first-order valence-electron chi connectivity index (χ1n) is 5.96. The largest absolute Gasteiger partial charge is 0.355 e.